The van der Waals surface area contributed by atoms with Crippen LogP contribution in [0.5, 0.6) is 0 Å². The van der Waals surface area contributed by atoms with Gasteiger partial charge in [-0.2, -0.15) is 0 Å². The molecule has 0 aromatic carbocycles. The quantitative estimate of drug-likeness (QED) is 0.275. The number of hydrogen-bond acceptors (Lipinski definition) is 7. The molecule has 0 unspecified atom stereocenters. The Morgan fingerprint density at radius 3 is 2.07 bits per heavy atom. The molecular weight excluding hydrogens is 196 g/mol. The van der Waals surface area contributed by atoms with E-state index in [1.165, 1.54) is 0 Å². The summed E-state index contributed by atoms with van der Waals surface area (Å²) in [5, 5.41) is 54.6. The van der Waals surface area contributed by atoms with Crippen LogP contribution in [0, 0.1) is 0 Å². The van der Waals surface area contributed by atoms with E-state index in [0.717, 1.165) is 0 Å². The number of rotatable bonds is 2. The number of ether oxygens (including phenoxy) is 1. The van der Waals surface area contributed by atoms with Gasteiger partial charge >= 0.3 is 0 Å². The van der Waals surface area contributed by atoms with Crippen molar-refractivity contribution in [2.75, 3.05) is 13.2 Å². The summed E-state index contributed by atoms with van der Waals surface area (Å²) < 4.78 is 4.66. The third kappa shape index (κ3) is 1.75. The topological polar surface area (TPSA) is 131 Å². The Kier molecular flexibility index (Phi) is 3.43. The highest BCUT2D eigenvalue weighted by Gasteiger charge is 2.52. The van der Waals surface area contributed by atoms with Gasteiger partial charge in [-0.3, -0.25) is 0 Å². The summed E-state index contributed by atoms with van der Waals surface area (Å²) in [6.07, 6.45) is -6.27. The van der Waals surface area contributed by atoms with E-state index in [2.05, 4.69) is 4.74 Å². The highest BCUT2D eigenvalue weighted by Crippen LogP contribution is 2.27. The molecule has 0 bridgehead atoms. The van der Waals surface area contributed by atoms with Crippen LogP contribution >= 0.6 is 0 Å². The van der Waals surface area contributed by atoms with Gasteiger partial charge in [0, 0.05) is 0 Å². The largest absolute Gasteiger partial charge is 0.394 e. The van der Waals surface area contributed by atoms with Gasteiger partial charge in [-0.25, -0.2) is 0 Å². The summed E-state index contributed by atoms with van der Waals surface area (Å²) in [7, 11) is 0. The average molecular weight is 210 g/mol. The summed E-state index contributed by atoms with van der Waals surface area (Å²) in [4.78, 5) is 0. The first-order valence-corrected chi connectivity index (χ1v) is 4.12. The van der Waals surface area contributed by atoms with Crippen molar-refractivity contribution in [1.82, 2.24) is 0 Å². The van der Waals surface area contributed by atoms with E-state index in [1.807, 2.05) is 0 Å². The van der Waals surface area contributed by atoms with E-state index < -0.39 is 43.4 Å². The number of aliphatic hydroxyl groups is 6. The minimum Gasteiger partial charge on any atom is -0.394 e. The van der Waals surface area contributed by atoms with Gasteiger partial charge in [0.05, 0.1) is 13.2 Å². The van der Waals surface area contributed by atoms with Gasteiger partial charge in [-0.15, -0.1) is 0 Å². The van der Waals surface area contributed by atoms with E-state index in [4.69, 9.17) is 10.2 Å². The summed E-state index contributed by atoms with van der Waals surface area (Å²) in [5.41, 5.74) is 0. The highest BCUT2D eigenvalue weighted by molar-refractivity contribution is 4.95. The van der Waals surface area contributed by atoms with Crippen LogP contribution < -0.4 is 0 Å². The van der Waals surface area contributed by atoms with E-state index >= 15 is 0 Å². The molecule has 1 saturated heterocycles. The molecule has 0 amide bonds. The van der Waals surface area contributed by atoms with Crippen molar-refractivity contribution in [2.45, 2.75) is 30.2 Å². The zero-order valence-electron chi connectivity index (χ0n) is 7.32. The Morgan fingerprint density at radius 1 is 1.07 bits per heavy atom. The molecule has 7 heteroatoms. The van der Waals surface area contributed by atoms with Gasteiger partial charge in [-0.1, -0.05) is 0 Å². The summed E-state index contributed by atoms with van der Waals surface area (Å²) >= 11 is 0. The zero-order chi connectivity index (χ0) is 10.9. The van der Waals surface area contributed by atoms with Gasteiger partial charge in [0.15, 0.2) is 0 Å². The van der Waals surface area contributed by atoms with Crippen LogP contribution in [0.25, 0.3) is 0 Å². The molecule has 1 aliphatic rings. The molecule has 0 aromatic heterocycles. The molecule has 1 aliphatic heterocycles. The molecule has 0 radical (unpaired) electrons. The molecule has 6 N–H and O–H groups in total. The average Bonchev–Trinajstić information content (AvgIpc) is 2.20. The molecule has 0 saturated carbocycles. The lowest BCUT2D eigenvalue weighted by Crippen LogP contribution is -2.66. The fourth-order valence-corrected chi connectivity index (χ4v) is 1.35. The standard InChI is InChI=1S/C7H14O7/c8-1-3-4(10)5(11)6(12)7(13,2-9)14-3/h3-6,8-13H,1-2H2/t3-,4+,5-,6-,7+/m0/s1. The predicted molar refractivity (Wildman–Crippen MR) is 42.0 cm³/mol. The van der Waals surface area contributed by atoms with Crippen LogP contribution in [0.15, 0.2) is 0 Å². The van der Waals surface area contributed by atoms with Gasteiger partial charge in [0.1, 0.15) is 24.4 Å². The van der Waals surface area contributed by atoms with Gasteiger partial charge < -0.3 is 35.4 Å². The molecule has 1 rings (SSSR count). The van der Waals surface area contributed by atoms with Gasteiger partial charge in [-0.05, 0) is 0 Å². The molecule has 0 aliphatic carbocycles. The van der Waals surface area contributed by atoms with Crippen molar-refractivity contribution in [3.8, 4) is 0 Å². The Hall–Kier alpha value is -0.280. The summed E-state index contributed by atoms with van der Waals surface area (Å²) in [6.45, 7) is -1.60. The minimum atomic E-state index is -2.36. The number of aliphatic hydroxyl groups excluding tert-OH is 5. The van der Waals surface area contributed by atoms with Crippen LogP contribution in [0.1, 0.15) is 0 Å². The normalized spacial score (nSPS) is 49.3. The van der Waals surface area contributed by atoms with Crippen molar-refractivity contribution < 1.29 is 35.4 Å². The van der Waals surface area contributed by atoms with E-state index in [-0.39, 0.29) is 0 Å². The lowest BCUT2D eigenvalue weighted by atomic mass is 9.93. The first-order valence-electron chi connectivity index (χ1n) is 4.12. The van der Waals surface area contributed by atoms with Crippen LogP contribution in [0.4, 0.5) is 0 Å². The van der Waals surface area contributed by atoms with E-state index in [0.29, 0.717) is 0 Å². The van der Waals surface area contributed by atoms with Crippen molar-refractivity contribution in [1.29, 1.82) is 0 Å². The van der Waals surface area contributed by atoms with Gasteiger partial charge in [0.25, 0.3) is 0 Å². The second-order valence-corrected chi connectivity index (χ2v) is 3.27. The maximum atomic E-state index is 9.43. The summed E-state index contributed by atoms with van der Waals surface area (Å²) in [5.74, 6) is -2.36. The molecule has 14 heavy (non-hydrogen) atoms. The first-order chi connectivity index (χ1) is 6.46. The summed E-state index contributed by atoms with van der Waals surface area (Å²) in [6, 6.07) is 0. The van der Waals surface area contributed by atoms with Crippen LogP contribution in [0.2, 0.25) is 0 Å². The highest BCUT2D eigenvalue weighted by atomic mass is 16.7. The molecular formula is C7H14O7. The SMILES string of the molecule is OC[C@@H]1O[C@](O)(CO)[C@@H](O)[C@@H](O)[C@@H]1O. The van der Waals surface area contributed by atoms with E-state index in [1.54, 1.807) is 0 Å². The maximum absolute atomic E-state index is 9.43. The smallest absolute Gasteiger partial charge is 0.219 e. The Labute approximate surface area is 79.8 Å². The Morgan fingerprint density at radius 2 is 1.64 bits per heavy atom. The van der Waals surface area contributed by atoms with Crippen molar-refractivity contribution in [2.24, 2.45) is 0 Å². The van der Waals surface area contributed by atoms with Crippen molar-refractivity contribution >= 4 is 0 Å². The fourth-order valence-electron chi connectivity index (χ4n) is 1.35. The molecule has 1 fully saturated rings. The minimum absolute atomic E-state index is 0.646. The molecule has 5 atom stereocenters. The Bertz CT molecular complexity index is 196. The lowest BCUT2D eigenvalue weighted by Gasteiger charge is -2.44. The fraction of sp³-hybridized carbons (Fsp3) is 1.00. The van der Waals surface area contributed by atoms with Crippen molar-refractivity contribution in [3.05, 3.63) is 0 Å². The van der Waals surface area contributed by atoms with Gasteiger partial charge in [0.2, 0.25) is 5.79 Å². The predicted octanol–water partition coefficient (Wildman–Crippen LogP) is -3.86. The third-order valence-electron chi connectivity index (χ3n) is 2.28. The molecule has 84 valence electrons. The zero-order valence-corrected chi connectivity index (χ0v) is 7.32. The lowest BCUT2D eigenvalue weighted by molar-refractivity contribution is -0.357. The number of hydrogen-bond donors (Lipinski definition) is 6. The van der Waals surface area contributed by atoms with Crippen molar-refractivity contribution in [3.63, 3.8) is 0 Å². The Balaban J connectivity index is 2.84. The maximum Gasteiger partial charge on any atom is 0.219 e. The molecule has 0 spiro atoms. The first kappa shape index (κ1) is 11.8. The van der Waals surface area contributed by atoms with E-state index in [9.17, 15) is 20.4 Å². The molecule has 1 heterocycles. The van der Waals surface area contributed by atoms with Crippen LogP contribution in [0.3, 0.4) is 0 Å². The second kappa shape index (κ2) is 4.07. The monoisotopic (exact) mass is 210 g/mol. The molecule has 0 aromatic rings. The second-order valence-electron chi connectivity index (χ2n) is 3.27. The third-order valence-corrected chi connectivity index (χ3v) is 2.28. The van der Waals surface area contributed by atoms with Crippen LogP contribution in [-0.4, -0.2) is 74.1 Å². The molecule has 7 nitrogen and oxygen atoms in total. The van der Waals surface area contributed by atoms with Crippen LogP contribution in [-0.2, 0) is 4.74 Å².